The molecule has 2 aliphatic rings. The van der Waals surface area contributed by atoms with E-state index in [9.17, 15) is 0 Å². The highest BCUT2D eigenvalue weighted by Gasteiger charge is 2.50. The summed E-state index contributed by atoms with van der Waals surface area (Å²) in [5, 5.41) is 1.48. The van der Waals surface area contributed by atoms with E-state index >= 15 is 9.59 Å². The molecule has 6 nitrogen and oxygen atoms in total. The first kappa shape index (κ1) is 67.1. The first-order chi connectivity index (χ1) is 37.3. The van der Waals surface area contributed by atoms with Crippen LogP contribution in [0.25, 0.3) is 11.4 Å². The normalized spacial score (nSPS) is 14.7. The van der Waals surface area contributed by atoms with Crippen molar-refractivity contribution in [3.05, 3.63) is 41.1 Å². The summed E-state index contributed by atoms with van der Waals surface area (Å²) in [5.41, 5.74) is 2.49. The second-order valence-corrected chi connectivity index (χ2v) is 28.3. The van der Waals surface area contributed by atoms with Crippen molar-refractivity contribution in [3.8, 4) is 0 Å². The molecule has 0 saturated carbocycles. The summed E-state index contributed by atoms with van der Waals surface area (Å²) in [7, 11) is 0. The van der Waals surface area contributed by atoms with Gasteiger partial charge >= 0.3 is 0 Å². The molecule has 2 amide bonds. The molecule has 10 heteroatoms. The van der Waals surface area contributed by atoms with E-state index in [0.717, 1.165) is 55.1 Å². The largest absolute Gasteiger partial charge is 0.305 e. The van der Waals surface area contributed by atoms with E-state index < -0.39 is 0 Å². The van der Waals surface area contributed by atoms with E-state index in [1.54, 1.807) is 0 Å². The van der Waals surface area contributed by atoms with Gasteiger partial charge in [-0.05, 0) is 56.5 Å². The van der Waals surface area contributed by atoms with Crippen LogP contribution in [0.1, 0.15) is 333 Å². The molecule has 4 heterocycles. The number of nitrogens with zero attached hydrogens (tertiary/aromatic N) is 4. The van der Waals surface area contributed by atoms with Crippen LogP contribution in [0.2, 0.25) is 0 Å². The summed E-state index contributed by atoms with van der Waals surface area (Å²) in [6.45, 7) is 10.4. The molecule has 2 unspecified atom stereocenters. The van der Waals surface area contributed by atoms with Crippen molar-refractivity contribution in [1.29, 1.82) is 0 Å². The maximum absolute atomic E-state index is 15.0. The van der Waals surface area contributed by atoms with Crippen molar-refractivity contribution in [2.24, 2.45) is 11.8 Å². The van der Waals surface area contributed by atoms with Crippen LogP contribution < -0.4 is 0 Å². The third kappa shape index (κ3) is 26.5. The minimum Gasteiger partial charge on any atom is -0.305 e. The number of carbonyl (C=O) groups excluding carboxylic acids is 2. The molecule has 76 heavy (non-hydrogen) atoms. The molecule has 0 bridgehead atoms. The van der Waals surface area contributed by atoms with Crippen LogP contribution >= 0.6 is 54.5 Å². The van der Waals surface area contributed by atoms with Crippen LogP contribution in [0, 0.1) is 11.8 Å². The quantitative estimate of drug-likeness (QED) is 0.0619. The molecule has 0 aliphatic carbocycles. The second kappa shape index (κ2) is 43.4. The smallest absolute Gasteiger partial charge is 0.261 e. The Bertz CT molecular complexity index is 1740. The minimum absolute atomic E-state index is 0.0590. The van der Waals surface area contributed by atoms with Crippen LogP contribution in [0.5, 0.6) is 0 Å². The molecular formula is C66H112Br2N4O2S2. The van der Waals surface area contributed by atoms with Crippen LogP contribution in [0.15, 0.2) is 31.1 Å². The van der Waals surface area contributed by atoms with Crippen molar-refractivity contribution >= 4 is 77.7 Å². The fourth-order valence-corrected chi connectivity index (χ4v) is 14.8. The Kier molecular flexibility index (Phi) is 38.3. The first-order valence-corrected chi connectivity index (χ1v) is 35.9. The molecule has 2 atom stereocenters. The number of hydrogen-bond donors (Lipinski definition) is 0. The van der Waals surface area contributed by atoms with Crippen LogP contribution in [-0.4, -0.2) is 44.7 Å². The highest BCUT2D eigenvalue weighted by Crippen LogP contribution is 2.48. The monoisotopic (exact) mass is 1210 g/mol. The molecule has 0 radical (unpaired) electrons. The summed E-state index contributed by atoms with van der Waals surface area (Å²) in [6.07, 6.45) is 65.0. The van der Waals surface area contributed by atoms with Gasteiger partial charge in [-0.2, -0.15) is 0 Å². The van der Waals surface area contributed by atoms with Gasteiger partial charge in [0.05, 0.1) is 42.5 Å². The maximum Gasteiger partial charge on any atom is 0.261 e. The predicted octanol–water partition coefficient (Wildman–Crippen LogP) is 23.2. The Morgan fingerprint density at radius 3 is 0.803 bits per heavy atom. The Balaban J connectivity index is 1.39. The summed E-state index contributed by atoms with van der Waals surface area (Å²) in [4.78, 5) is 43.6. The zero-order chi connectivity index (χ0) is 54.3. The summed E-state index contributed by atoms with van der Waals surface area (Å²) in [6, 6.07) is 0. The summed E-state index contributed by atoms with van der Waals surface area (Å²) >= 11 is 10.4. The lowest BCUT2D eigenvalue weighted by molar-refractivity contribution is -0.124. The van der Waals surface area contributed by atoms with Gasteiger partial charge in [-0.15, -0.1) is 22.7 Å². The Morgan fingerprint density at radius 1 is 0.355 bits per heavy atom. The maximum atomic E-state index is 15.0. The zero-order valence-electron chi connectivity index (χ0n) is 49.4. The number of amides is 2. The topological polar surface area (TPSA) is 66.4 Å². The number of unbranched alkanes of at least 4 members (excludes halogenated alkanes) is 34. The molecule has 434 valence electrons. The number of halogens is 2. The molecule has 2 aliphatic heterocycles. The van der Waals surface area contributed by atoms with Gasteiger partial charge < -0.3 is 9.80 Å². The average Bonchev–Trinajstić information content (AvgIpc) is 4.20. The number of hydrogen-bond acceptors (Lipinski definition) is 6. The number of rotatable bonds is 52. The van der Waals surface area contributed by atoms with E-state index in [-0.39, 0.29) is 11.8 Å². The van der Waals surface area contributed by atoms with Crippen LogP contribution in [0.4, 0.5) is 0 Å². The average molecular weight is 1220 g/mol. The number of aromatic nitrogens is 2. The Morgan fingerprint density at radius 2 is 0.579 bits per heavy atom. The zero-order valence-corrected chi connectivity index (χ0v) is 54.2. The molecule has 4 rings (SSSR count). The van der Waals surface area contributed by atoms with Gasteiger partial charge in [0.1, 0.15) is 10.0 Å². The lowest BCUT2D eigenvalue weighted by atomic mass is 9.89. The first-order valence-electron chi connectivity index (χ1n) is 32.7. The molecule has 0 N–H and O–H groups in total. The third-order valence-electron chi connectivity index (χ3n) is 16.9. The standard InChI is InChI=1S/C66H112Br2N4O2S2/c1-5-9-13-17-21-25-27-31-35-39-47-55(45-37-33-29-23-19-15-11-7-3)49-41-43-51-71-61(63-69-53-57(67)75-63)59-60(65(71)73)62(64-70-54-58(68)76-64)72(66(59)74)52-44-42-50-56(46-38-34-30-24-20-16-12-8-4)48-40-36-32-28-26-22-18-14-10-6-2/h53-56H,5-52H2,1-4H3. The van der Waals surface area contributed by atoms with Crippen molar-refractivity contribution in [2.75, 3.05) is 13.1 Å². The van der Waals surface area contributed by atoms with Crippen molar-refractivity contribution in [1.82, 2.24) is 19.8 Å². The molecule has 2 aromatic heterocycles. The number of fused-ring (bicyclic) bond motifs is 1. The molecule has 0 spiro atoms. The second-order valence-electron chi connectivity index (χ2n) is 23.5. The van der Waals surface area contributed by atoms with Gasteiger partial charge in [0.15, 0.2) is 0 Å². The van der Waals surface area contributed by atoms with E-state index in [4.69, 9.17) is 9.97 Å². The third-order valence-corrected chi connectivity index (χ3v) is 19.9. The Labute approximate surface area is 492 Å². The van der Waals surface area contributed by atoms with Gasteiger partial charge in [-0.3, -0.25) is 9.59 Å². The molecule has 2 aromatic rings. The summed E-state index contributed by atoms with van der Waals surface area (Å²) in [5.74, 6) is 1.39. The van der Waals surface area contributed by atoms with E-state index in [2.05, 4.69) is 59.6 Å². The lowest BCUT2D eigenvalue weighted by Gasteiger charge is -2.24. The van der Waals surface area contributed by atoms with Gasteiger partial charge in [-0.1, -0.05) is 310 Å². The van der Waals surface area contributed by atoms with Gasteiger partial charge in [0, 0.05) is 13.1 Å². The summed E-state index contributed by atoms with van der Waals surface area (Å²) < 4.78 is 1.81. The van der Waals surface area contributed by atoms with E-state index in [1.807, 2.05) is 22.2 Å². The molecule has 0 saturated heterocycles. The van der Waals surface area contributed by atoms with Crippen molar-refractivity contribution in [3.63, 3.8) is 0 Å². The minimum atomic E-state index is -0.0590. The number of thiazole rings is 2. The molecular weight excluding hydrogens is 1100 g/mol. The fourth-order valence-electron chi connectivity index (χ4n) is 12.2. The Hall–Kier alpha value is -1.36. The van der Waals surface area contributed by atoms with E-state index in [1.165, 1.54) is 292 Å². The molecule has 0 fully saturated rings. The predicted molar refractivity (Wildman–Crippen MR) is 339 cm³/mol. The van der Waals surface area contributed by atoms with Gasteiger partial charge in [-0.25, -0.2) is 9.97 Å². The van der Waals surface area contributed by atoms with Gasteiger partial charge in [0.25, 0.3) is 11.8 Å². The van der Waals surface area contributed by atoms with Gasteiger partial charge in [0.2, 0.25) is 0 Å². The van der Waals surface area contributed by atoms with E-state index in [0.29, 0.717) is 35.6 Å². The highest BCUT2D eigenvalue weighted by molar-refractivity contribution is 9.11. The SMILES string of the molecule is CCCCCCCCCCCCC(CCCCCCCCCC)CCCCN1C(=O)C2=C(c3ncc(Br)s3)N(CCCCC(CCCCCCCCCC)CCCCCCCCCCCC)C(=O)C2=C1c1ncc(Br)s1. The van der Waals surface area contributed by atoms with Crippen molar-refractivity contribution < 1.29 is 9.59 Å². The highest BCUT2D eigenvalue weighted by atomic mass is 79.9. The fraction of sp³-hybridized carbons (Fsp3) is 0.818. The molecule has 0 aromatic carbocycles. The van der Waals surface area contributed by atoms with Crippen LogP contribution in [0.3, 0.4) is 0 Å². The number of carbonyl (C=O) groups is 2. The van der Waals surface area contributed by atoms with Crippen molar-refractivity contribution in [2.45, 2.75) is 323 Å². The lowest BCUT2D eigenvalue weighted by Crippen LogP contribution is -2.31. The van der Waals surface area contributed by atoms with Crippen LogP contribution in [-0.2, 0) is 9.59 Å².